The van der Waals surface area contributed by atoms with Crippen LogP contribution in [0.1, 0.15) is 41.9 Å². The van der Waals surface area contributed by atoms with E-state index in [4.69, 9.17) is 0 Å². The van der Waals surface area contributed by atoms with Gasteiger partial charge in [0.05, 0.1) is 17.1 Å². The third-order valence-corrected chi connectivity index (χ3v) is 7.04. The fourth-order valence-corrected chi connectivity index (χ4v) is 4.81. The van der Waals surface area contributed by atoms with Crippen molar-refractivity contribution in [2.24, 2.45) is 5.41 Å². The lowest BCUT2D eigenvalue weighted by Gasteiger charge is -2.30. The second-order valence-corrected chi connectivity index (χ2v) is 9.57. The van der Waals surface area contributed by atoms with Gasteiger partial charge in [-0.25, -0.2) is 0 Å². The lowest BCUT2D eigenvalue weighted by molar-refractivity contribution is -0.194. The van der Waals surface area contributed by atoms with Gasteiger partial charge < -0.3 is 10.2 Å². The van der Waals surface area contributed by atoms with E-state index in [1.165, 1.54) is 12.4 Å². The van der Waals surface area contributed by atoms with E-state index >= 15 is 0 Å². The number of fused-ring (bicyclic) bond motifs is 1. The first kappa shape index (κ1) is 24.2. The number of alkyl halides is 3. The highest BCUT2D eigenvalue weighted by Gasteiger charge is 2.67. The molecule has 4 rings (SSSR count). The second-order valence-electron chi connectivity index (χ2n) is 9.57. The van der Waals surface area contributed by atoms with Crippen molar-refractivity contribution in [1.29, 1.82) is 0 Å². The number of nitrogens with one attached hydrogen (secondary N) is 2. The molecule has 2 heterocycles. The monoisotopic (exact) mass is 473 g/mol. The molecule has 0 saturated heterocycles. The Hall–Kier alpha value is -2.94. The van der Waals surface area contributed by atoms with Gasteiger partial charge >= 0.3 is 6.18 Å². The molecule has 6 nitrogen and oxygen atoms in total. The number of aryl methyl sites for hydroxylation is 1. The summed E-state index contributed by atoms with van der Waals surface area (Å²) in [6.07, 6.45) is 0.950. The molecule has 1 aliphatic rings. The first-order valence-electron chi connectivity index (χ1n) is 11.4. The summed E-state index contributed by atoms with van der Waals surface area (Å²) in [5, 5.41) is 11.0. The van der Waals surface area contributed by atoms with E-state index in [1.54, 1.807) is 18.3 Å². The first-order chi connectivity index (χ1) is 16.1. The number of likely N-dealkylation sites (N-methyl/N-ethyl adjacent to an activating group) is 1. The summed E-state index contributed by atoms with van der Waals surface area (Å²) in [6.45, 7) is 2.36. The molecule has 182 valence electrons. The Balaban J connectivity index is 1.44. The molecule has 1 amide bonds. The molecule has 9 heteroatoms. The van der Waals surface area contributed by atoms with Crippen LogP contribution in [-0.2, 0) is 11.2 Å². The molecule has 2 N–H and O–H groups in total. The van der Waals surface area contributed by atoms with Gasteiger partial charge in [-0.1, -0.05) is 12.1 Å². The SMILES string of the molecule is Cc1cc(C[C@@H](CNC(=O)C[C@@H](c2cccnc2)C2(C(F)(F)F)CC2)N(C)C)cc2cn[nH]c12. The summed E-state index contributed by atoms with van der Waals surface area (Å²) in [4.78, 5) is 18.9. The Labute approximate surface area is 196 Å². The minimum absolute atomic E-state index is 0.0120. The fraction of sp³-hybridized carbons (Fsp3) is 0.480. The maximum absolute atomic E-state index is 13.9. The van der Waals surface area contributed by atoms with Crippen LogP contribution in [0.3, 0.4) is 0 Å². The van der Waals surface area contributed by atoms with E-state index in [-0.39, 0.29) is 31.2 Å². The zero-order valence-electron chi connectivity index (χ0n) is 19.6. The smallest absolute Gasteiger partial charge is 0.355 e. The normalized spacial score (nSPS) is 17.0. The summed E-state index contributed by atoms with van der Waals surface area (Å²) in [7, 11) is 3.86. The van der Waals surface area contributed by atoms with Crippen molar-refractivity contribution < 1.29 is 18.0 Å². The van der Waals surface area contributed by atoms with Crippen molar-refractivity contribution in [2.45, 2.75) is 50.7 Å². The van der Waals surface area contributed by atoms with Gasteiger partial charge in [-0.2, -0.15) is 18.3 Å². The average Bonchev–Trinajstić information content (AvgIpc) is 3.46. The van der Waals surface area contributed by atoms with E-state index in [0.29, 0.717) is 18.5 Å². The number of benzene rings is 1. The van der Waals surface area contributed by atoms with Gasteiger partial charge in [0.1, 0.15) is 0 Å². The third kappa shape index (κ3) is 4.94. The lowest BCUT2D eigenvalue weighted by Crippen LogP contribution is -2.42. The molecule has 3 aromatic rings. The number of carbonyl (C=O) groups excluding carboxylic acids is 1. The number of hydrogen-bond donors (Lipinski definition) is 2. The lowest BCUT2D eigenvalue weighted by atomic mass is 9.80. The Morgan fingerprint density at radius 2 is 2.03 bits per heavy atom. The molecule has 0 radical (unpaired) electrons. The van der Waals surface area contributed by atoms with Crippen LogP contribution in [0.4, 0.5) is 13.2 Å². The zero-order chi connectivity index (χ0) is 24.5. The maximum atomic E-state index is 13.9. The van der Waals surface area contributed by atoms with Crippen LogP contribution in [0.15, 0.2) is 42.9 Å². The summed E-state index contributed by atoms with van der Waals surface area (Å²) in [6, 6.07) is 7.41. The molecule has 1 aliphatic carbocycles. The average molecular weight is 474 g/mol. The quantitative estimate of drug-likeness (QED) is 0.484. The van der Waals surface area contributed by atoms with Crippen LogP contribution in [0.25, 0.3) is 10.9 Å². The number of aromatic nitrogens is 3. The van der Waals surface area contributed by atoms with Gasteiger partial charge in [-0.15, -0.1) is 0 Å². The van der Waals surface area contributed by atoms with Crippen molar-refractivity contribution in [3.8, 4) is 0 Å². The van der Waals surface area contributed by atoms with Gasteiger partial charge in [0, 0.05) is 42.7 Å². The van der Waals surface area contributed by atoms with Gasteiger partial charge in [-0.3, -0.25) is 14.9 Å². The number of halogens is 3. The van der Waals surface area contributed by atoms with Crippen LogP contribution in [0.5, 0.6) is 0 Å². The molecule has 1 fully saturated rings. The van der Waals surface area contributed by atoms with E-state index in [2.05, 4.69) is 32.6 Å². The van der Waals surface area contributed by atoms with Crippen molar-refractivity contribution in [3.05, 3.63) is 59.5 Å². The van der Waals surface area contributed by atoms with Crippen molar-refractivity contribution in [2.75, 3.05) is 20.6 Å². The molecular weight excluding hydrogens is 443 g/mol. The largest absolute Gasteiger partial charge is 0.395 e. The fourth-order valence-electron chi connectivity index (χ4n) is 4.81. The van der Waals surface area contributed by atoms with Crippen molar-refractivity contribution in [1.82, 2.24) is 25.4 Å². The van der Waals surface area contributed by atoms with Crippen molar-refractivity contribution in [3.63, 3.8) is 0 Å². The Morgan fingerprint density at radius 3 is 2.65 bits per heavy atom. The van der Waals surface area contributed by atoms with Crippen LogP contribution in [-0.4, -0.2) is 58.8 Å². The minimum atomic E-state index is -4.36. The molecule has 0 bridgehead atoms. The topological polar surface area (TPSA) is 73.9 Å². The van der Waals surface area contributed by atoms with Crippen molar-refractivity contribution >= 4 is 16.8 Å². The molecular formula is C25H30F3N5O. The number of amides is 1. The molecule has 2 aromatic heterocycles. The number of H-pyrrole nitrogens is 1. The maximum Gasteiger partial charge on any atom is 0.395 e. The van der Waals surface area contributed by atoms with E-state index < -0.39 is 17.5 Å². The summed E-state index contributed by atoms with van der Waals surface area (Å²) in [5.41, 5.74) is 1.82. The van der Waals surface area contributed by atoms with Gasteiger partial charge in [0.25, 0.3) is 0 Å². The minimum Gasteiger partial charge on any atom is -0.355 e. The van der Waals surface area contributed by atoms with E-state index in [0.717, 1.165) is 22.0 Å². The number of carbonyl (C=O) groups is 1. The van der Waals surface area contributed by atoms with E-state index in [1.807, 2.05) is 25.9 Å². The predicted octanol–water partition coefficient (Wildman–Crippen LogP) is 4.37. The van der Waals surface area contributed by atoms with E-state index in [9.17, 15) is 18.0 Å². The highest BCUT2D eigenvalue weighted by atomic mass is 19.4. The number of pyridine rings is 1. The number of nitrogens with zero attached hydrogens (tertiary/aromatic N) is 3. The molecule has 2 atom stereocenters. The number of rotatable bonds is 9. The Kier molecular flexibility index (Phi) is 6.66. The Bertz CT molecular complexity index is 1140. The summed E-state index contributed by atoms with van der Waals surface area (Å²) >= 11 is 0. The summed E-state index contributed by atoms with van der Waals surface area (Å²) in [5.74, 6) is -1.32. The molecule has 1 aromatic carbocycles. The second kappa shape index (κ2) is 9.37. The Morgan fingerprint density at radius 1 is 1.26 bits per heavy atom. The molecule has 0 spiro atoms. The van der Waals surface area contributed by atoms with Crippen LogP contribution >= 0.6 is 0 Å². The zero-order valence-corrected chi connectivity index (χ0v) is 19.6. The highest BCUT2D eigenvalue weighted by molar-refractivity contribution is 5.82. The highest BCUT2D eigenvalue weighted by Crippen LogP contribution is 2.66. The van der Waals surface area contributed by atoms with Crippen LogP contribution in [0, 0.1) is 12.3 Å². The van der Waals surface area contributed by atoms with Gasteiger partial charge in [0.2, 0.25) is 5.91 Å². The molecule has 0 aliphatic heterocycles. The van der Waals surface area contributed by atoms with Gasteiger partial charge in [0.15, 0.2) is 0 Å². The number of aromatic amines is 1. The van der Waals surface area contributed by atoms with Gasteiger partial charge in [-0.05, 0) is 69.1 Å². The third-order valence-electron chi connectivity index (χ3n) is 7.04. The standard InChI is InChI=1S/C25H30F3N5O/c1-16-9-17(10-19-14-31-32-23(16)19)11-20(33(2)3)15-30-22(34)12-21(18-5-4-8-29-13-18)24(6-7-24)25(26,27)28/h4-5,8-10,13-14,20-21H,6-7,11-12,15H2,1-3H3,(H,30,34)(H,31,32)/t20-,21-/m0/s1. The van der Waals surface area contributed by atoms with Crippen LogP contribution < -0.4 is 5.32 Å². The predicted molar refractivity (Wildman–Crippen MR) is 124 cm³/mol. The molecule has 34 heavy (non-hydrogen) atoms. The van der Waals surface area contributed by atoms with Crippen LogP contribution in [0.2, 0.25) is 0 Å². The molecule has 0 unspecified atom stereocenters. The molecule has 1 saturated carbocycles. The first-order valence-corrected chi connectivity index (χ1v) is 11.4. The summed E-state index contributed by atoms with van der Waals surface area (Å²) < 4.78 is 41.7. The number of hydrogen-bond acceptors (Lipinski definition) is 4.